The summed E-state index contributed by atoms with van der Waals surface area (Å²) in [4.78, 5) is 15.5. The summed E-state index contributed by atoms with van der Waals surface area (Å²) in [5.41, 5.74) is 0. The Hall–Kier alpha value is -1.52. The molecule has 1 saturated carbocycles. The third kappa shape index (κ3) is 2.74. The van der Waals surface area contributed by atoms with E-state index in [1.165, 1.54) is 0 Å². The molecule has 1 aliphatic rings. The van der Waals surface area contributed by atoms with Crippen molar-refractivity contribution in [3.63, 3.8) is 0 Å². The van der Waals surface area contributed by atoms with Gasteiger partial charge < -0.3 is 15.2 Å². The molecule has 2 N–H and O–H groups in total. The van der Waals surface area contributed by atoms with Crippen LogP contribution in [0.4, 0.5) is 5.95 Å². The number of carbonyl (C=O) groups is 1. The van der Waals surface area contributed by atoms with Gasteiger partial charge in [0, 0.05) is 37.9 Å². The number of anilines is 1. The lowest BCUT2D eigenvalue weighted by Gasteiger charge is -2.08. The number of aromatic nitrogens is 2. The monoisotopic (exact) mass is 222 g/mol. The predicted molar refractivity (Wildman–Crippen MR) is 62.1 cm³/mol. The second-order valence-electron chi connectivity index (χ2n) is 4.03. The van der Waals surface area contributed by atoms with Crippen LogP contribution in [0.25, 0.3) is 0 Å². The van der Waals surface area contributed by atoms with Crippen LogP contribution in [-0.2, 0) is 11.3 Å². The number of imidazole rings is 1. The fourth-order valence-electron chi connectivity index (χ4n) is 1.58. The van der Waals surface area contributed by atoms with Crippen molar-refractivity contribution in [3.8, 4) is 0 Å². The Kier molecular flexibility index (Phi) is 3.44. The summed E-state index contributed by atoms with van der Waals surface area (Å²) in [5.74, 6) is 1.35. The van der Waals surface area contributed by atoms with E-state index in [1.54, 1.807) is 6.20 Å². The number of amides is 1. The molecule has 5 nitrogen and oxygen atoms in total. The van der Waals surface area contributed by atoms with Gasteiger partial charge in [-0.3, -0.25) is 4.79 Å². The summed E-state index contributed by atoms with van der Waals surface area (Å²) < 4.78 is 2.03. The first kappa shape index (κ1) is 11.0. The Labute approximate surface area is 95.2 Å². The summed E-state index contributed by atoms with van der Waals surface area (Å²) in [6, 6.07) is 0. The van der Waals surface area contributed by atoms with E-state index in [9.17, 15) is 4.79 Å². The first-order chi connectivity index (χ1) is 7.81. The quantitative estimate of drug-likeness (QED) is 0.701. The molecule has 1 fully saturated rings. The van der Waals surface area contributed by atoms with Crippen LogP contribution in [0.2, 0.25) is 0 Å². The van der Waals surface area contributed by atoms with Crippen molar-refractivity contribution in [1.82, 2.24) is 14.9 Å². The van der Waals surface area contributed by atoms with Gasteiger partial charge in [-0.2, -0.15) is 0 Å². The summed E-state index contributed by atoms with van der Waals surface area (Å²) >= 11 is 0. The van der Waals surface area contributed by atoms with Crippen LogP contribution in [0.5, 0.6) is 0 Å². The second-order valence-corrected chi connectivity index (χ2v) is 4.03. The fourth-order valence-corrected chi connectivity index (χ4v) is 1.58. The smallest absolute Gasteiger partial charge is 0.223 e. The Morgan fingerprint density at radius 3 is 3.06 bits per heavy atom. The molecule has 0 saturated heterocycles. The molecule has 16 heavy (non-hydrogen) atoms. The van der Waals surface area contributed by atoms with Crippen molar-refractivity contribution < 1.29 is 4.79 Å². The van der Waals surface area contributed by atoms with E-state index < -0.39 is 0 Å². The number of carbonyl (C=O) groups excluding carboxylic acids is 1. The zero-order valence-corrected chi connectivity index (χ0v) is 9.57. The molecule has 5 heteroatoms. The molecule has 1 heterocycles. The number of hydrogen-bond acceptors (Lipinski definition) is 3. The lowest BCUT2D eigenvalue weighted by molar-refractivity contribution is -0.122. The summed E-state index contributed by atoms with van der Waals surface area (Å²) in [5, 5.41) is 6.10. The van der Waals surface area contributed by atoms with E-state index in [-0.39, 0.29) is 11.8 Å². The van der Waals surface area contributed by atoms with E-state index in [0.717, 1.165) is 31.9 Å². The topological polar surface area (TPSA) is 59.0 Å². The average Bonchev–Trinajstić information content (AvgIpc) is 3.04. The van der Waals surface area contributed by atoms with Gasteiger partial charge in [0.25, 0.3) is 0 Å². The molecule has 0 radical (unpaired) electrons. The van der Waals surface area contributed by atoms with Crippen LogP contribution in [0.1, 0.15) is 19.8 Å². The number of rotatable bonds is 6. The molecular weight excluding hydrogens is 204 g/mol. The molecule has 0 aromatic carbocycles. The molecule has 2 rings (SSSR count). The highest BCUT2D eigenvalue weighted by Gasteiger charge is 2.28. The molecule has 0 spiro atoms. The third-order valence-corrected chi connectivity index (χ3v) is 2.71. The maximum absolute atomic E-state index is 11.3. The van der Waals surface area contributed by atoms with Gasteiger partial charge in [0.05, 0.1) is 0 Å². The van der Waals surface area contributed by atoms with Crippen LogP contribution in [0, 0.1) is 5.92 Å². The van der Waals surface area contributed by atoms with Gasteiger partial charge in [-0.05, 0) is 19.8 Å². The number of aryl methyl sites for hydroxylation is 1. The Balaban J connectivity index is 1.65. The molecule has 0 unspecified atom stereocenters. The number of nitrogens with one attached hydrogen (secondary N) is 2. The summed E-state index contributed by atoms with van der Waals surface area (Å²) in [6.07, 6.45) is 5.82. The van der Waals surface area contributed by atoms with E-state index in [4.69, 9.17) is 0 Å². The maximum atomic E-state index is 11.3. The fraction of sp³-hybridized carbons (Fsp3) is 0.636. The van der Waals surface area contributed by atoms with Crippen LogP contribution >= 0.6 is 0 Å². The highest BCUT2D eigenvalue weighted by atomic mass is 16.2. The minimum atomic E-state index is 0.195. The van der Waals surface area contributed by atoms with Crippen molar-refractivity contribution in [2.24, 2.45) is 5.92 Å². The van der Waals surface area contributed by atoms with Crippen molar-refractivity contribution in [1.29, 1.82) is 0 Å². The summed E-state index contributed by atoms with van der Waals surface area (Å²) in [7, 11) is 0. The van der Waals surface area contributed by atoms with E-state index in [0.29, 0.717) is 6.54 Å². The van der Waals surface area contributed by atoms with Crippen molar-refractivity contribution in [2.75, 3.05) is 18.4 Å². The zero-order chi connectivity index (χ0) is 11.4. The Bertz CT molecular complexity index is 357. The van der Waals surface area contributed by atoms with Crippen molar-refractivity contribution >= 4 is 11.9 Å². The molecule has 0 atom stereocenters. The lowest BCUT2D eigenvalue weighted by Crippen LogP contribution is -2.30. The highest BCUT2D eigenvalue weighted by molar-refractivity contribution is 5.80. The minimum absolute atomic E-state index is 0.195. The van der Waals surface area contributed by atoms with Gasteiger partial charge in [-0.25, -0.2) is 4.98 Å². The molecule has 0 bridgehead atoms. The molecule has 1 aromatic heterocycles. The van der Waals surface area contributed by atoms with Crippen LogP contribution in [-0.4, -0.2) is 28.5 Å². The standard InChI is InChI=1S/C11H18N4O/c1-2-15-8-7-14-11(15)13-6-5-12-10(16)9-3-4-9/h7-9H,2-6H2,1H3,(H,12,16)(H,13,14). The average molecular weight is 222 g/mol. The van der Waals surface area contributed by atoms with Gasteiger partial charge in [0.1, 0.15) is 0 Å². The van der Waals surface area contributed by atoms with Crippen LogP contribution in [0.15, 0.2) is 12.4 Å². The van der Waals surface area contributed by atoms with Gasteiger partial charge in [0.2, 0.25) is 11.9 Å². The van der Waals surface area contributed by atoms with E-state index in [2.05, 4.69) is 22.5 Å². The molecular formula is C11H18N4O. The SMILES string of the molecule is CCn1ccnc1NCCNC(=O)C1CC1. The van der Waals surface area contributed by atoms with Gasteiger partial charge in [0.15, 0.2) is 0 Å². The summed E-state index contributed by atoms with van der Waals surface area (Å²) in [6.45, 7) is 4.35. The largest absolute Gasteiger partial charge is 0.354 e. The molecule has 1 amide bonds. The Morgan fingerprint density at radius 1 is 1.56 bits per heavy atom. The lowest BCUT2D eigenvalue weighted by atomic mass is 10.4. The van der Waals surface area contributed by atoms with Crippen LogP contribution in [0.3, 0.4) is 0 Å². The predicted octanol–water partition coefficient (Wildman–Crippen LogP) is 0.841. The normalized spacial score (nSPS) is 14.8. The first-order valence-corrected chi connectivity index (χ1v) is 5.84. The number of hydrogen-bond donors (Lipinski definition) is 2. The zero-order valence-electron chi connectivity index (χ0n) is 9.57. The Morgan fingerprint density at radius 2 is 2.38 bits per heavy atom. The third-order valence-electron chi connectivity index (χ3n) is 2.71. The highest BCUT2D eigenvalue weighted by Crippen LogP contribution is 2.28. The minimum Gasteiger partial charge on any atom is -0.354 e. The molecule has 0 aliphatic heterocycles. The molecule has 1 aliphatic carbocycles. The first-order valence-electron chi connectivity index (χ1n) is 5.84. The van der Waals surface area contributed by atoms with Gasteiger partial charge in [-0.15, -0.1) is 0 Å². The van der Waals surface area contributed by atoms with E-state index >= 15 is 0 Å². The van der Waals surface area contributed by atoms with E-state index in [1.807, 2.05) is 10.8 Å². The second kappa shape index (κ2) is 5.01. The van der Waals surface area contributed by atoms with Crippen molar-refractivity contribution in [3.05, 3.63) is 12.4 Å². The molecule has 1 aromatic rings. The van der Waals surface area contributed by atoms with Crippen molar-refractivity contribution in [2.45, 2.75) is 26.3 Å². The maximum Gasteiger partial charge on any atom is 0.223 e. The van der Waals surface area contributed by atoms with Gasteiger partial charge in [-0.1, -0.05) is 0 Å². The van der Waals surface area contributed by atoms with Crippen LogP contribution < -0.4 is 10.6 Å². The van der Waals surface area contributed by atoms with Gasteiger partial charge >= 0.3 is 0 Å². The number of nitrogens with zero attached hydrogens (tertiary/aromatic N) is 2. The molecule has 88 valence electrons.